The van der Waals surface area contributed by atoms with E-state index in [-0.39, 0.29) is 16.6 Å². The van der Waals surface area contributed by atoms with Crippen LogP contribution in [0.15, 0.2) is 35.4 Å². The van der Waals surface area contributed by atoms with Crippen molar-refractivity contribution in [3.8, 4) is 5.75 Å². The Bertz CT molecular complexity index is 1080. The summed E-state index contributed by atoms with van der Waals surface area (Å²) >= 11 is 0. The summed E-state index contributed by atoms with van der Waals surface area (Å²) in [5.41, 5.74) is 2.90. The van der Waals surface area contributed by atoms with E-state index in [1.54, 1.807) is 0 Å². The van der Waals surface area contributed by atoms with Crippen LogP contribution in [0.4, 0.5) is 10.1 Å². The Balaban J connectivity index is 1.59. The number of carbonyl (C=O) groups excluding carboxylic acids is 1. The molecule has 0 fully saturated rings. The largest absolute Gasteiger partial charge is 0.480 e. The van der Waals surface area contributed by atoms with Crippen molar-refractivity contribution < 1.29 is 13.9 Å². The molecule has 1 aliphatic rings. The third-order valence-corrected chi connectivity index (χ3v) is 4.63. The molecule has 0 spiro atoms. The maximum absolute atomic E-state index is 14.3. The molecule has 1 aromatic heterocycles. The number of fused-ring (bicyclic) bond motifs is 2. The van der Waals surface area contributed by atoms with Gasteiger partial charge in [0.25, 0.3) is 11.5 Å². The first-order valence-electron chi connectivity index (χ1n) is 8.17. The first-order valence-corrected chi connectivity index (χ1v) is 8.17. The van der Waals surface area contributed by atoms with Crippen molar-refractivity contribution in [2.45, 2.75) is 26.4 Å². The molecule has 0 saturated carbocycles. The fraction of sp³-hybridized carbons (Fsp3) is 0.211. The number of hydrogen-bond donors (Lipinski definition) is 2. The zero-order chi connectivity index (χ0) is 18.4. The average Bonchev–Trinajstić information content (AvgIpc) is 2.99. The van der Waals surface area contributed by atoms with E-state index in [0.29, 0.717) is 12.2 Å². The quantitative estimate of drug-likeness (QED) is 0.742. The van der Waals surface area contributed by atoms with Crippen molar-refractivity contribution in [2.75, 3.05) is 5.32 Å². The number of halogens is 1. The second-order valence-electron chi connectivity index (χ2n) is 6.42. The minimum atomic E-state index is -0.742. The highest BCUT2D eigenvalue weighted by Gasteiger charge is 2.30. The molecular weight excluding hydrogens is 337 g/mol. The molecule has 1 aliphatic heterocycles. The van der Waals surface area contributed by atoms with Crippen molar-refractivity contribution in [3.63, 3.8) is 0 Å². The number of benzene rings is 2. The van der Waals surface area contributed by atoms with Crippen molar-refractivity contribution in [1.29, 1.82) is 0 Å². The molecule has 0 bridgehead atoms. The lowest BCUT2D eigenvalue weighted by molar-refractivity contribution is -0.122. The highest BCUT2D eigenvalue weighted by atomic mass is 19.1. The van der Waals surface area contributed by atoms with E-state index in [2.05, 4.69) is 15.3 Å². The number of H-pyrrole nitrogens is 1. The fourth-order valence-electron chi connectivity index (χ4n) is 3.06. The van der Waals surface area contributed by atoms with Gasteiger partial charge in [-0.1, -0.05) is 6.07 Å². The highest BCUT2D eigenvalue weighted by Crippen LogP contribution is 2.32. The lowest BCUT2D eigenvalue weighted by Crippen LogP contribution is -2.31. The minimum absolute atomic E-state index is 0.0760. The summed E-state index contributed by atoms with van der Waals surface area (Å²) in [5, 5.41) is 2.72. The van der Waals surface area contributed by atoms with Crippen LogP contribution in [0.5, 0.6) is 5.75 Å². The van der Waals surface area contributed by atoms with Gasteiger partial charge < -0.3 is 15.0 Å². The predicted molar refractivity (Wildman–Crippen MR) is 95.0 cm³/mol. The lowest BCUT2D eigenvalue weighted by Gasteiger charge is -2.12. The number of rotatable bonds is 2. The smallest absolute Gasteiger partial charge is 0.265 e. The van der Waals surface area contributed by atoms with Gasteiger partial charge in [0, 0.05) is 12.5 Å². The Hall–Kier alpha value is -3.22. The first kappa shape index (κ1) is 16.3. The number of aromatic amines is 1. The van der Waals surface area contributed by atoms with Crippen molar-refractivity contribution >= 4 is 22.5 Å². The van der Waals surface area contributed by atoms with Crippen LogP contribution in [-0.2, 0) is 11.2 Å². The van der Waals surface area contributed by atoms with Gasteiger partial charge in [0.05, 0.1) is 22.9 Å². The molecule has 4 rings (SSSR count). The third-order valence-electron chi connectivity index (χ3n) is 4.63. The summed E-state index contributed by atoms with van der Waals surface area (Å²) in [6.45, 7) is 3.97. The third kappa shape index (κ3) is 2.71. The van der Waals surface area contributed by atoms with Gasteiger partial charge in [-0.15, -0.1) is 0 Å². The number of aromatic nitrogens is 2. The number of amides is 1. The predicted octanol–water partition coefficient (Wildman–Crippen LogP) is 2.62. The number of ether oxygens (including phenoxy) is 1. The molecule has 2 aromatic carbocycles. The molecule has 6 nitrogen and oxygen atoms in total. The van der Waals surface area contributed by atoms with Crippen LogP contribution in [0.2, 0.25) is 0 Å². The Morgan fingerprint density at radius 1 is 1.27 bits per heavy atom. The van der Waals surface area contributed by atoms with Crippen molar-refractivity contribution in [1.82, 2.24) is 9.97 Å². The molecular formula is C19H16FN3O3. The van der Waals surface area contributed by atoms with Crippen LogP contribution in [0.3, 0.4) is 0 Å². The highest BCUT2D eigenvalue weighted by molar-refractivity contribution is 5.97. The van der Waals surface area contributed by atoms with E-state index in [0.717, 1.165) is 22.8 Å². The van der Waals surface area contributed by atoms with Gasteiger partial charge in [0.1, 0.15) is 11.6 Å². The summed E-state index contributed by atoms with van der Waals surface area (Å²) in [6.07, 6.45) is 0.878. The number of hydrogen-bond acceptors (Lipinski definition) is 4. The number of anilines is 1. The average molecular weight is 353 g/mol. The van der Waals surface area contributed by atoms with Crippen LogP contribution in [0.25, 0.3) is 10.9 Å². The standard InChI is InChI=1S/C19H16FN3O3/c1-9-3-11-5-17(26-16(11)4-10(9)2)19(25)23-15-6-12-14(7-13(15)20)21-8-22-18(12)24/h3-4,6-8,17H,5H2,1-2H3,(H,23,25)(H,21,22,24)/t17-/m1/s1. The first-order chi connectivity index (χ1) is 12.4. The van der Waals surface area contributed by atoms with Gasteiger partial charge in [-0.3, -0.25) is 9.59 Å². The van der Waals surface area contributed by atoms with E-state index in [9.17, 15) is 14.0 Å². The van der Waals surface area contributed by atoms with Gasteiger partial charge in [0.2, 0.25) is 0 Å². The van der Waals surface area contributed by atoms with Gasteiger partial charge in [-0.05, 0) is 42.7 Å². The van der Waals surface area contributed by atoms with Crippen LogP contribution in [0.1, 0.15) is 16.7 Å². The topological polar surface area (TPSA) is 84.1 Å². The SMILES string of the molecule is Cc1cc2c(cc1C)O[C@@H](C(=O)Nc1cc3c(=O)[nH]cnc3cc1F)C2. The van der Waals surface area contributed by atoms with E-state index in [1.807, 2.05) is 26.0 Å². The van der Waals surface area contributed by atoms with E-state index in [1.165, 1.54) is 12.4 Å². The van der Waals surface area contributed by atoms with Gasteiger partial charge >= 0.3 is 0 Å². The summed E-state index contributed by atoms with van der Waals surface area (Å²) < 4.78 is 20.0. The molecule has 7 heteroatoms. The minimum Gasteiger partial charge on any atom is -0.480 e. The Labute approximate surface area is 148 Å². The molecule has 0 aliphatic carbocycles. The fourth-order valence-corrected chi connectivity index (χ4v) is 3.06. The molecule has 2 N–H and O–H groups in total. The van der Waals surface area contributed by atoms with E-state index < -0.39 is 23.4 Å². The molecule has 0 radical (unpaired) electrons. The van der Waals surface area contributed by atoms with E-state index >= 15 is 0 Å². The van der Waals surface area contributed by atoms with Crippen LogP contribution >= 0.6 is 0 Å². The number of aryl methyl sites for hydroxylation is 2. The number of nitrogens with zero attached hydrogens (tertiary/aromatic N) is 1. The Morgan fingerprint density at radius 3 is 2.85 bits per heavy atom. The molecule has 3 aromatic rings. The monoisotopic (exact) mass is 353 g/mol. The summed E-state index contributed by atoms with van der Waals surface area (Å²) in [7, 11) is 0. The molecule has 1 atom stereocenters. The number of carbonyl (C=O) groups is 1. The summed E-state index contributed by atoms with van der Waals surface area (Å²) in [6, 6.07) is 6.31. The molecule has 0 unspecified atom stereocenters. The van der Waals surface area contributed by atoms with Crippen molar-refractivity contribution in [2.24, 2.45) is 0 Å². The van der Waals surface area contributed by atoms with E-state index in [4.69, 9.17) is 4.74 Å². The summed E-state index contributed by atoms with van der Waals surface area (Å²) in [5.74, 6) is -0.450. The van der Waals surface area contributed by atoms with Crippen LogP contribution in [-0.4, -0.2) is 22.0 Å². The summed E-state index contributed by atoms with van der Waals surface area (Å²) in [4.78, 5) is 30.7. The molecule has 2 heterocycles. The second-order valence-corrected chi connectivity index (χ2v) is 6.42. The van der Waals surface area contributed by atoms with Crippen LogP contribution in [0, 0.1) is 19.7 Å². The second kappa shape index (κ2) is 5.94. The molecule has 1 amide bonds. The van der Waals surface area contributed by atoms with Crippen LogP contribution < -0.4 is 15.6 Å². The Kier molecular flexibility index (Phi) is 3.72. The maximum atomic E-state index is 14.3. The molecule has 0 saturated heterocycles. The van der Waals surface area contributed by atoms with Gasteiger partial charge in [-0.2, -0.15) is 0 Å². The molecule has 132 valence electrons. The van der Waals surface area contributed by atoms with Crippen molar-refractivity contribution in [3.05, 3.63) is 63.5 Å². The zero-order valence-corrected chi connectivity index (χ0v) is 14.2. The molecule has 26 heavy (non-hydrogen) atoms. The lowest BCUT2D eigenvalue weighted by atomic mass is 10.0. The maximum Gasteiger partial charge on any atom is 0.265 e. The zero-order valence-electron chi connectivity index (χ0n) is 14.2. The van der Waals surface area contributed by atoms with Gasteiger partial charge in [0.15, 0.2) is 6.10 Å². The Morgan fingerprint density at radius 2 is 2.04 bits per heavy atom. The normalized spacial score (nSPS) is 15.6. The van der Waals surface area contributed by atoms with Gasteiger partial charge in [-0.25, -0.2) is 9.37 Å². The number of nitrogens with one attached hydrogen (secondary N) is 2.